The molecule has 2 aromatic carbocycles. The van der Waals surface area contributed by atoms with Gasteiger partial charge in [-0.15, -0.1) is 11.3 Å². The summed E-state index contributed by atoms with van der Waals surface area (Å²) >= 11 is 4.80. The van der Waals surface area contributed by atoms with E-state index in [1.807, 2.05) is 24.3 Å². The molecule has 1 aliphatic rings. The van der Waals surface area contributed by atoms with E-state index >= 15 is 0 Å². The van der Waals surface area contributed by atoms with Crippen LogP contribution in [0.25, 0.3) is 0 Å². The molecule has 35 heavy (non-hydrogen) atoms. The molecule has 6 nitrogen and oxygen atoms in total. The Hall–Kier alpha value is -2.71. The smallest absolute Gasteiger partial charge is 0.271 e. The van der Waals surface area contributed by atoms with Crippen LogP contribution in [-0.4, -0.2) is 28.9 Å². The molecular formula is C27H30BrN3O3S. The van der Waals surface area contributed by atoms with E-state index in [4.69, 9.17) is 4.74 Å². The fraction of sp³-hybridized carbons (Fsp3) is 0.370. The number of halogens is 1. The van der Waals surface area contributed by atoms with Gasteiger partial charge in [-0.25, -0.2) is 4.98 Å². The molecular weight excluding hydrogens is 526 g/mol. The molecule has 0 aliphatic heterocycles. The van der Waals surface area contributed by atoms with Gasteiger partial charge in [0.2, 0.25) is 0 Å². The molecule has 1 fully saturated rings. The predicted molar refractivity (Wildman–Crippen MR) is 142 cm³/mol. The summed E-state index contributed by atoms with van der Waals surface area (Å²) in [6.07, 6.45) is 3.69. The number of thiazole rings is 1. The molecule has 3 aromatic rings. The van der Waals surface area contributed by atoms with Crippen molar-refractivity contribution >= 4 is 39.1 Å². The molecule has 1 aromatic heterocycles. The number of hydrogen-bond acceptors (Lipinski definition) is 5. The second-order valence-electron chi connectivity index (χ2n) is 9.09. The van der Waals surface area contributed by atoms with E-state index in [1.165, 1.54) is 16.9 Å². The zero-order valence-corrected chi connectivity index (χ0v) is 22.3. The van der Waals surface area contributed by atoms with Crippen LogP contribution in [0.15, 0.2) is 58.4 Å². The minimum atomic E-state index is -0.219. The molecule has 2 unspecified atom stereocenters. The first-order valence-electron chi connectivity index (χ1n) is 11.9. The Morgan fingerprint density at radius 1 is 1.00 bits per heavy atom. The minimum Gasteiger partial charge on any atom is -0.486 e. The number of nitrogens with one attached hydrogen (secondary N) is 2. The lowest BCUT2D eigenvalue weighted by atomic mass is 9.90. The van der Waals surface area contributed by atoms with Gasteiger partial charge in [0.25, 0.3) is 11.8 Å². The highest BCUT2D eigenvalue weighted by molar-refractivity contribution is 9.10. The summed E-state index contributed by atoms with van der Waals surface area (Å²) in [4.78, 5) is 30.1. The second-order valence-corrected chi connectivity index (χ2v) is 10.9. The lowest BCUT2D eigenvalue weighted by molar-refractivity contribution is 0.0860. The van der Waals surface area contributed by atoms with Gasteiger partial charge in [-0.05, 0) is 60.7 Å². The van der Waals surface area contributed by atoms with Gasteiger partial charge in [0.15, 0.2) is 0 Å². The Morgan fingerprint density at radius 2 is 1.63 bits per heavy atom. The van der Waals surface area contributed by atoms with Crippen LogP contribution in [0.4, 0.5) is 0 Å². The van der Waals surface area contributed by atoms with E-state index < -0.39 is 0 Å². The molecule has 2 amide bonds. The summed E-state index contributed by atoms with van der Waals surface area (Å²) in [6, 6.07) is 15.1. The molecule has 2 N–H and O–H groups in total. The molecule has 1 aliphatic carbocycles. The fourth-order valence-electron chi connectivity index (χ4n) is 4.15. The standard InChI is InChI=1S/C27H30BrN3O3S/c1-17(2)18-9-13-21(14-10-18)34-15-25-29-24(16-35-25)27(33)31-23-6-4-3-5-22(23)30-26(32)19-7-11-20(28)12-8-19/h7-14,16-17,22-23H,3-6,15H2,1-2H3,(H,30,32)(H,31,33). The number of nitrogens with zero attached hydrogens (tertiary/aromatic N) is 1. The molecule has 1 heterocycles. The Morgan fingerprint density at radius 3 is 2.26 bits per heavy atom. The average Bonchev–Trinajstić information content (AvgIpc) is 3.34. The van der Waals surface area contributed by atoms with Crippen molar-refractivity contribution in [1.82, 2.24) is 15.6 Å². The first-order valence-corrected chi connectivity index (χ1v) is 13.6. The number of ether oxygens (including phenoxy) is 1. The minimum absolute atomic E-state index is 0.112. The topological polar surface area (TPSA) is 80.3 Å². The molecule has 0 radical (unpaired) electrons. The van der Waals surface area contributed by atoms with Gasteiger partial charge in [-0.1, -0.05) is 54.8 Å². The highest BCUT2D eigenvalue weighted by atomic mass is 79.9. The summed E-state index contributed by atoms with van der Waals surface area (Å²) in [5.74, 6) is 0.908. The van der Waals surface area contributed by atoms with Crippen molar-refractivity contribution < 1.29 is 14.3 Å². The lowest BCUT2D eigenvalue weighted by Crippen LogP contribution is -2.53. The van der Waals surface area contributed by atoms with Crippen LogP contribution < -0.4 is 15.4 Å². The van der Waals surface area contributed by atoms with Crippen molar-refractivity contribution in [1.29, 1.82) is 0 Å². The van der Waals surface area contributed by atoms with Gasteiger partial charge in [0.05, 0.1) is 0 Å². The third-order valence-electron chi connectivity index (χ3n) is 6.20. The van der Waals surface area contributed by atoms with Crippen LogP contribution in [0.1, 0.15) is 76.9 Å². The number of rotatable bonds is 8. The summed E-state index contributed by atoms with van der Waals surface area (Å²) in [5, 5.41) is 8.71. The van der Waals surface area contributed by atoms with Crippen LogP contribution >= 0.6 is 27.3 Å². The van der Waals surface area contributed by atoms with E-state index in [1.54, 1.807) is 17.5 Å². The van der Waals surface area contributed by atoms with Crippen molar-refractivity contribution in [2.24, 2.45) is 0 Å². The van der Waals surface area contributed by atoms with Gasteiger partial charge < -0.3 is 15.4 Å². The first kappa shape index (κ1) is 25.4. The van der Waals surface area contributed by atoms with Crippen molar-refractivity contribution in [3.8, 4) is 5.75 Å². The monoisotopic (exact) mass is 555 g/mol. The molecule has 1 saturated carbocycles. The van der Waals surface area contributed by atoms with Gasteiger partial charge >= 0.3 is 0 Å². The first-order chi connectivity index (χ1) is 16.9. The van der Waals surface area contributed by atoms with Crippen molar-refractivity contribution in [3.05, 3.63) is 80.2 Å². The number of amides is 2. The predicted octanol–water partition coefficient (Wildman–Crippen LogP) is 6.08. The largest absolute Gasteiger partial charge is 0.486 e. The highest BCUT2D eigenvalue weighted by Crippen LogP contribution is 2.22. The third kappa shape index (κ3) is 6.92. The van der Waals surface area contributed by atoms with E-state index in [-0.39, 0.29) is 23.9 Å². The maximum absolute atomic E-state index is 12.9. The van der Waals surface area contributed by atoms with Crippen LogP contribution in [-0.2, 0) is 6.61 Å². The van der Waals surface area contributed by atoms with Gasteiger partial charge in [0, 0.05) is 27.5 Å². The number of carbonyl (C=O) groups excluding carboxylic acids is 2. The van der Waals surface area contributed by atoms with Crippen molar-refractivity contribution in [3.63, 3.8) is 0 Å². The SMILES string of the molecule is CC(C)c1ccc(OCc2nc(C(=O)NC3CCCCC3NC(=O)c3ccc(Br)cc3)cs2)cc1. The van der Waals surface area contributed by atoms with Crippen LogP contribution in [0.2, 0.25) is 0 Å². The maximum atomic E-state index is 12.9. The third-order valence-corrected chi connectivity index (χ3v) is 7.55. The molecule has 4 rings (SSSR count). The molecule has 0 bridgehead atoms. The summed E-state index contributed by atoms with van der Waals surface area (Å²) < 4.78 is 6.77. The molecule has 8 heteroatoms. The quantitative estimate of drug-likeness (QED) is 0.353. The Balaban J connectivity index is 1.32. The maximum Gasteiger partial charge on any atom is 0.271 e. The van der Waals surface area contributed by atoms with Gasteiger partial charge in [-0.3, -0.25) is 9.59 Å². The van der Waals surface area contributed by atoms with Crippen LogP contribution in [0.5, 0.6) is 5.75 Å². The van der Waals surface area contributed by atoms with Gasteiger partial charge in [0.1, 0.15) is 23.1 Å². The highest BCUT2D eigenvalue weighted by Gasteiger charge is 2.29. The fourth-order valence-corrected chi connectivity index (χ4v) is 5.10. The molecule has 184 valence electrons. The second kappa shape index (κ2) is 11.8. The van der Waals surface area contributed by atoms with Crippen molar-refractivity contribution in [2.75, 3.05) is 0 Å². The molecule has 0 spiro atoms. The lowest BCUT2D eigenvalue weighted by Gasteiger charge is -2.32. The normalized spacial score (nSPS) is 17.7. The van der Waals surface area contributed by atoms with Crippen LogP contribution in [0, 0.1) is 0 Å². The summed E-state index contributed by atoms with van der Waals surface area (Å²) in [6.45, 7) is 4.63. The number of hydrogen-bond donors (Lipinski definition) is 2. The van der Waals surface area contributed by atoms with E-state index in [0.29, 0.717) is 23.8 Å². The Kier molecular flexibility index (Phi) is 8.57. The number of carbonyl (C=O) groups is 2. The molecule has 0 saturated heterocycles. The zero-order valence-electron chi connectivity index (χ0n) is 19.9. The number of benzene rings is 2. The van der Waals surface area contributed by atoms with E-state index in [0.717, 1.165) is 40.9 Å². The summed E-state index contributed by atoms with van der Waals surface area (Å²) in [5.41, 5.74) is 2.25. The van der Waals surface area contributed by atoms with Crippen LogP contribution in [0.3, 0.4) is 0 Å². The average molecular weight is 557 g/mol. The Bertz CT molecular complexity index is 1150. The molecule has 2 atom stereocenters. The van der Waals surface area contributed by atoms with Crippen molar-refractivity contribution in [2.45, 2.75) is 64.1 Å². The van der Waals surface area contributed by atoms with E-state index in [2.05, 4.69) is 57.5 Å². The number of aromatic nitrogens is 1. The Labute approximate surface area is 218 Å². The van der Waals surface area contributed by atoms with E-state index in [9.17, 15) is 9.59 Å². The van der Waals surface area contributed by atoms with Gasteiger partial charge in [-0.2, -0.15) is 0 Å². The zero-order chi connectivity index (χ0) is 24.8. The summed E-state index contributed by atoms with van der Waals surface area (Å²) in [7, 11) is 0.